The summed E-state index contributed by atoms with van der Waals surface area (Å²) in [7, 11) is 0. The molecule has 13 rings (SSSR count). The average molecular weight is 855 g/mol. The van der Waals surface area contributed by atoms with Crippen LogP contribution in [0.4, 0.5) is 17.1 Å². The molecule has 0 amide bonds. The summed E-state index contributed by atoms with van der Waals surface area (Å²) in [6, 6.07) is 89.4. The van der Waals surface area contributed by atoms with Gasteiger partial charge in [-0.15, -0.1) is 0 Å². The Morgan fingerprint density at radius 1 is 0.358 bits per heavy atom. The molecule has 0 radical (unpaired) electrons. The highest BCUT2D eigenvalue weighted by Gasteiger charge is 2.37. The molecule has 67 heavy (non-hydrogen) atoms. The molecule has 2 heteroatoms. The van der Waals surface area contributed by atoms with Crippen LogP contribution in [-0.2, 0) is 5.41 Å². The third-order valence-electron chi connectivity index (χ3n) is 14.3. The largest absolute Gasteiger partial charge is 0.310 e. The van der Waals surface area contributed by atoms with Crippen molar-refractivity contribution in [3.8, 4) is 50.3 Å². The van der Waals surface area contributed by atoms with Crippen LogP contribution in [0.25, 0.3) is 93.5 Å². The molecule has 1 aromatic heterocycles. The first-order chi connectivity index (χ1) is 33.0. The predicted molar refractivity (Wildman–Crippen MR) is 284 cm³/mol. The van der Waals surface area contributed by atoms with Crippen LogP contribution in [0, 0.1) is 0 Å². The molecular formula is C65H46N2. The fourth-order valence-electron chi connectivity index (χ4n) is 11.2. The van der Waals surface area contributed by atoms with Crippen molar-refractivity contribution in [3.63, 3.8) is 0 Å². The number of rotatable bonds is 7. The van der Waals surface area contributed by atoms with Crippen LogP contribution in [0.15, 0.2) is 243 Å². The number of anilines is 3. The Morgan fingerprint density at radius 2 is 0.910 bits per heavy atom. The molecule has 1 aliphatic carbocycles. The molecule has 0 unspecified atom stereocenters. The molecule has 0 saturated carbocycles. The van der Waals surface area contributed by atoms with Crippen molar-refractivity contribution in [3.05, 3.63) is 254 Å². The maximum atomic E-state index is 2.55. The summed E-state index contributed by atoms with van der Waals surface area (Å²) >= 11 is 0. The van der Waals surface area contributed by atoms with Gasteiger partial charge in [0.1, 0.15) is 0 Å². The lowest BCUT2D eigenvalue weighted by molar-refractivity contribution is 0.660. The molecule has 0 saturated heterocycles. The summed E-state index contributed by atoms with van der Waals surface area (Å²) in [4.78, 5) is 2.42. The highest BCUT2D eigenvalue weighted by atomic mass is 15.1. The lowest BCUT2D eigenvalue weighted by atomic mass is 9.81. The van der Waals surface area contributed by atoms with E-state index < -0.39 is 0 Å². The Labute approximate surface area is 391 Å². The van der Waals surface area contributed by atoms with Crippen molar-refractivity contribution in [1.82, 2.24) is 4.57 Å². The fraction of sp³-hybridized carbons (Fsp3) is 0.0462. The van der Waals surface area contributed by atoms with Gasteiger partial charge < -0.3 is 9.47 Å². The zero-order valence-corrected chi connectivity index (χ0v) is 37.5. The molecule has 12 aromatic rings. The Balaban J connectivity index is 1.03. The first-order valence-corrected chi connectivity index (χ1v) is 23.3. The Hall–Kier alpha value is -8.46. The second-order valence-electron chi connectivity index (χ2n) is 18.4. The molecule has 0 aliphatic heterocycles. The highest BCUT2D eigenvalue weighted by Crippen LogP contribution is 2.53. The van der Waals surface area contributed by atoms with E-state index in [4.69, 9.17) is 0 Å². The second-order valence-corrected chi connectivity index (χ2v) is 18.4. The third kappa shape index (κ3) is 6.10. The van der Waals surface area contributed by atoms with Gasteiger partial charge in [-0.1, -0.05) is 208 Å². The van der Waals surface area contributed by atoms with E-state index >= 15 is 0 Å². The molecule has 0 bridgehead atoms. The number of aromatic nitrogens is 1. The molecular weight excluding hydrogens is 809 g/mol. The number of benzene rings is 11. The van der Waals surface area contributed by atoms with E-state index in [1.54, 1.807) is 0 Å². The van der Waals surface area contributed by atoms with Gasteiger partial charge in [0.25, 0.3) is 0 Å². The predicted octanol–water partition coefficient (Wildman–Crippen LogP) is 17.9. The van der Waals surface area contributed by atoms with Gasteiger partial charge in [0.15, 0.2) is 0 Å². The van der Waals surface area contributed by atoms with E-state index in [2.05, 4.69) is 266 Å². The van der Waals surface area contributed by atoms with E-state index in [1.165, 1.54) is 110 Å². The van der Waals surface area contributed by atoms with Crippen molar-refractivity contribution in [2.24, 2.45) is 0 Å². The van der Waals surface area contributed by atoms with Gasteiger partial charge in [0.05, 0.1) is 22.6 Å². The lowest BCUT2D eigenvalue weighted by Crippen LogP contribution is -2.16. The summed E-state index contributed by atoms with van der Waals surface area (Å²) in [6.07, 6.45) is 0. The van der Waals surface area contributed by atoms with Crippen LogP contribution in [-0.4, -0.2) is 4.57 Å². The third-order valence-corrected chi connectivity index (χ3v) is 14.3. The van der Waals surface area contributed by atoms with Crippen LogP contribution < -0.4 is 4.90 Å². The molecule has 316 valence electrons. The van der Waals surface area contributed by atoms with Crippen molar-refractivity contribution < 1.29 is 0 Å². The Kier molecular flexibility index (Phi) is 8.91. The minimum absolute atomic E-state index is 0.259. The summed E-state index contributed by atoms with van der Waals surface area (Å²) in [5.74, 6) is 0. The number of para-hydroxylation sites is 1. The van der Waals surface area contributed by atoms with Crippen molar-refractivity contribution in [1.29, 1.82) is 0 Å². The van der Waals surface area contributed by atoms with Crippen LogP contribution in [0.3, 0.4) is 0 Å². The Morgan fingerprint density at radius 3 is 1.64 bits per heavy atom. The molecule has 11 aromatic carbocycles. The zero-order chi connectivity index (χ0) is 44.6. The van der Waals surface area contributed by atoms with Gasteiger partial charge in [-0.2, -0.15) is 0 Å². The second kappa shape index (κ2) is 15.3. The van der Waals surface area contributed by atoms with Crippen molar-refractivity contribution in [2.45, 2.75) is 19.3 Å². The molecule has 1 aliphatic rings. The summed E-state index contributed by atoms with van der Waals surface area (Å²) in [6.45, 7) is 4.81. The maximum Gasteiger partial charge on any atom is 0.0620 e. The smallest absolute Gasteiger partial charge is 0.0620 e. The maximum absolute atomic E-state index is 2.55. The quantitative estimate of drug-likeness (QED) is 0.155. The topological polar surface area (TPSA) is 8.17 Å². The van der Waals surface area contributed by atoms with Crippen LogP contribution in [0.2, 0.25) is 0 Å². The van der Waals surface area contributed by atoms with Gasteiger partial charge >= 0.3 is 0 Å². The fourth-order valence-corrected chi connectivity index (χ4v) is 11.2. The first-order valence-electron chi connectivity index (χ1n) is 23.3. The molecule has 0 fully saturated rings. The van der Waals surface area contributed by atoms with Gasteiger partial charge in [-0.05, 0) is 109 Å². The number of hydrogen-bond acceptors (Lipinski definition) is 1. The summed E-state index contributed by atoms with van der Waals surface area (Å²) in [5, 5.41) is 8.59. The molecule has 0 atom stereocenters. The minimum Gasteiger partial charge on any atom is -0.310 e. The molecule has 0 N–H and O–H groups in total. The normalized spacial score (nSPS) is 12.7. The van der Waals surface area contributed by atoms with E-state index in [9.17, 15) is 0 Å². The van der Waals surface area contributed by atoms with E-state index in [0.717, 1.165) is 11.4 Å². The molecule has 0 spiro atoms. The SMILES string of the molecule is CC1(C)c2cc(-c3cc4c(-c5ccccc5)c(-c5ccccc5)n(-c5cccc6ccccc56)c4c4ccccc34)ccc2-c2ccc(N(c3ccccc3)c3cccc4ccccc34)cc21. The number of hydrogen-bond donors (Lipinski definition) is 0. The first kappa shape index (κ1) is 39.0. The van der Waals surface area contributed by atoms with Crippen molar-refractivity contribution in [2.75, 3.05) is 4.90 Å². The van der Waals surface area contributed by atoms with Crippen LogP contribution in [0.5, 0.6) is 0 Å². The van der Waals surface area contributed by atoms with Crippen LogP contribution in [0.1, 0.15) is 25.0 Å². The molecule has 1 heterocycles. The van der Waals surface area contributed by atoms with E-state index in [1.807, 2.05) is 0 Å². The van der Waals surface area contributed by atoms with E-state index in [-0.39, 0.29) is 5.41 Å². The highest BCUT2D eigenvalue weighted by molar-refractivity contribution is 6.20. The minimum atomic E-state index is -0.259. The standard InChI is InChI=1S/C65H46N2/c1-65(2)58-40-47(36-38-53(58)54-39-37-49(41-59(54)65)66(48-28-10-5-11-29-48)60-34-18-26-43-20-12-14-30-50(43)60)56-42-57-62(45-22-6-3-7-23-45)63(46-24-8-4-9-25-46)67(64(57)55-33-17-16-32-52(55)56)61-35-19-27-44-21-13-15-31-51(44)61/h3-42H,1-2H3. The number of nitrogens with zero attached hydrogens (tertiary/aromatic N) is 2. The van der Waals surface area contributed by atoms with Gasteiger partial charge in [0, 0.05) is 43.9 Å². The van der Waals surface area contributed by atoms with Gasteiger partial charge in [-0.3, -0.25) is 0 Å². The van der Waals surface area contributed by atoms with Crippen LogP contribution >= 0.6 is 0 Å². The summed E-state index contributed by atoms with van der Waals surface area (Å²) < 4.78 is 2.55. The summed E-state index contributed by atoms with van der Waals surface area (Å²) in [5.41, 5.74) is 18.1. The number of fused-ring (bicyclic) bond motifs is 8. The monoisotopic (exact) mass is 854 g/mol. The lowest BCUT2D eigenvalue weighted by Gasteiger charge is -2.29. The van der Waals surface area contributed by atoms with Gasteiger partial charge in [0.2, 0.25) is 0 Å². The van der Waals surface area contributed by atoms with Gasteiger partial charge in [-0.25, -0.2) is 0 Å². The van der Waals surface area contributed by atoms with E-state index in [0.29, 0.717) is 0 Å². The zero-order valence-electron chi connectivity index (χ0n) is 37.5. The Bertz CT molecular complexity index is 3870. The van der Waals surface area contributed by atoms with Crippen molar-refractivity contribution >= 4 is 60.3 Å². The average Bonchev–Trinajstić information content (AvgIpc) is 3.85. The molecule has 2 nitrogen and oxygen atoms in total.